The van der Waals surface area contributed by atoms with Gasteiger partial charge in [-0.1, -0.05) is 6.08 Å². The smallest absolute Gasteiger partial charge is 0.222 e. The Morgan fingerprint density at radius 2 is 1.72 bits per heavy atom. The zero-order chi connectivity index (χ0) is 21.9. The molecule has 0 spiro atoms. The highest BCUT2D eigenvalue weighted by atomic mass is 32.2. The Labute approximate surface area is 206 Å². The molecule has 1 amide bonds. The fourth-order valence-corrected chi connectivity index (χ4v) is 8.40. The molecule has 2 saturated heterocycles. The number of piperidine rings is 1. The summed E-state index contributed by atoms with van der Waals surface area (Å²) in [7, 11) is 2.12. The number of fused-ring (bicyclic) bond motifs is 2. The molecule has 172 valence electrons. The van der Waals surface area contributed by atoms with Crippen LogP contribution in [0, 0.1) is 5.92 Å². The van der Waals surface area contributed by atoms with E-state index in [9.17, 15) is 4.79 Å². The summed E-state index contributed by atoms with van der Waals surface area (Å²) in [6, 6.07) is 0. The number of amides is 1. The van der Waals surface area contributed by atoms with Gasteiger partial charge in [-0.15, -0.1) is 23.5 Å². The van der Waals surface area contributed by atoms with Crippen molar-refractivity contribution in [2.24, 2.45) is 5.92 Å². The number of allylic oxidation sites excluding steroid dienone is 1. The molecule has 0 aliphatic carbocycles. The van der Waals surface area contributed by atoms with E-state index in [1.807, 2.05) is 28.4 Å². The lowest BCUT2D eigenvalue weighted by Crippen LogP contribution is -2.31. The number of thioether (sulfide) groups is 2. The summed E-state index contributed by atoms with van der Waals surface area (Å²) >= 11 is 6.35. The number of likely N-dealkylation sites (N-methyl/N-ethyl adjacent to an activating group) is 1. The third-order valence-corrected chi connectivity index (χ3v) is 9.98. The Hall–Kier alpha value is -1.17. The number of carbonyl (C=O) groups excluding carboxylic acids is 1. The fourth-order valence-electron chi connectivity index (χ4n) is 4.82. The lowest BCUT2D eigenvalue weighted by Gasteiger charge is -2.25. The summed E-state index contributed by atoms with van der Waals surface area (Å²) in [5.74, 6) is 3.83. The second-order valence-electron chi connectivity index (χ2n) is 8.77. The van der Waals surface area contributed by atoms with Crippen molar-refractivity contribution in [2.75, 3.05) is 38.2 Å². The Morgan fingerprint density at radius 1 is 1.00 bits per heavy atom. The normalized spacial score (nSPS) is 25.2. The molecule has 0 radical (unpaired) electrons. The van der Waals surface area contributed by atoms with Crippen LogP contribution in [0.3, 0.4) is 0 Å². The number of aromatic nitrogens is 4. The molecule has 11 heteroatoms. The van der Waals surface area contributed by atoms with Crippen molar-refractivity contribution in [1.29, 1.82) is 0 Å². The Kier molecular flexibility index (Phi) is 7.35. The molecule has 3 aliphatic rings. The maximum absolute atomic E-state index is 12.0. The quantitative estimate of drug-likeness (QED) is 0.366. The Balaban J connectivity index is 1.06. The van der Waals surface area contributed by atoms with Gasteiger partial charge in [0.05, 0.1) is 34.8 Å². The van der Waals surface area contributed by atoms with Crippen molar-refractivity contribution < 1.29 is 4.79 Å². The molecule has 2 aromatic rings. The lowest BCUT2D eigenvalue weighted by molar-refractivity contribution is -0.131. The van der Waals surface area contributed by atoms with Crippen molar-refractivity contribution in [1.82, 2.24) is 27.3 Å². The number of rotatable bonds is 9. The molecule has 32 heavy (non-hydrogen) atoms. The predicted octanol–water partition coefficient (Wildman–Crippen LogP) is 4.32. The van der Waals surface area contributed by atoms with Crippen LogP contribution in [0.1, 0.15) is 55.3 Å². The zero-order valence-electron chi connectivity index (χ0n) is 18.2. The van der Waals surface area contributed by atoms with Crippen LogP contribution in [0.25, 0.3) is 0 Å². The van der Waals surface area contributed by atoms with E-state index in [0.717, 1.165) is 72.6 Å². The van der Waals surface area contributed by atoms with Crippen LogP contribution < -0.4 is 0 Å². The molecule has 0 saturated carbocycles. The largest absolute Gasteiger partial charge is 0.380 e. The maximum Gasteiger partial charge on any atom is 0.222 e. The number of nitrogens with zero attached hydrogens (tertiary/aromatic N) is 6. The first-order chi connectivity index (χ1) is 15.7. The van der Waals surface area contributed by atoms with E-state index in [4.69, 9.17) is 0 Å². The molecule has 0 N–H and O–H groups in total. The third-order valence-electron chi connectivity index (χ3n) is 6.53. The van der Waals surface area contributed by atoms with E-state index < -0.39 is 0 Å². The number of carbonyl (C=O) groups is 1. The first-order valence-corrected chi connectivity index (χ1v) is 14.7. The van der Waals surface area contributed by atoms with E-state index in [1.54, 1.807) is 0 Å². The molecule has 2 aromatic heterocycles. The standard InChI is InChI=1S/C21H28N6OS4/c1-26-8-4-5-15(11-26)18-20(24-31-22-18)29-9-2-3-10-30-21-19(23-32-25-21)16-13-27-12-14(16)6-7-17(27)28/h4,8,14-16H,2-3,5-7,9-13H2,1H3. The molecule has 5 heterocycles. The van der Waals surface area contributed by atoms with Crippen molar-refractivity contribution in [3.63, 3.8) is 0 Å². The molecule has 7 nitrogen and oxygen atoms in total. The van der Waals surface area contributed by atoms with Gasteiger partial charge >= 0.3 is 0 Å². The first-order valence-electron chi connectivity index (χ1n) is 11.2. The van der Waals surface area contributed by atoms with Gasteiger partial charge < -0.3 is 9.80 Å². The van der Waals surface area contributed by atoms with Crippen LogP contribution in [-0.2, 0) is 4.79 Å². The van der Waals surface area contributed by atoms with E-state index >= 15 is 0 Å². The first kappa shape index (κ1) is 22.6. The minimum atomic E-state index is 0.309. The molecule has 3 atom stereocenters. The Bertz CT molecular complexity index is 962. The molecule has 0 aromatic carbocycles. The number of hydrogen-bond donors (Lipinski definition) is 0. The minimum Gasteiger partial charge on any atom is -0.380 e. The van der Waals surface area contributed by atoms with Crippen molar-refractivity contribution in [3.05, 3.63) is 23.7 Å². The second kappa shape index (κ2) is 10.4. The van der Waals surface area contributed by atoms with E-state index in [2.05, 4.69) is 41.7 Å². The summed E-state index contributed by atoms with van der Waals surface area (Å²) in [5, 5.41) is 2.22. The number of unbranched alkanes of at least 4 members (excludes halogenated alkanes) is 1. The average molecular weight is 509 g/mol. The molecule has 3 unspecified atom stereocenters. The van der Waals surface area contributed by atoms with Gasteiger partial charge in [-0.05, 0) is 49.3 Å². The monoisotopic (exact) mass is 508 g/mol. The number of hydrogen-bond acceptors (Lipinski definition) is 10. The van der Waals surface area contributed by atoms with Crippen molar-refractivity contribution >= 4 is 52.9 Å². The van der Waals surface area contributed by atoms with Crippen LogP contribution in [0.15, 0.2) is 22.3 Å². The van der Waals surface area contributed by atoms with Crippen LogP contribution in [0.4, 0.5) is 0 Å². The molecule has 2 bridgehead atoms. The molecular formula is C21H28N6OS4. The van der Waals surface area contributed by atoms with Gasteiger partial charge in [0, 0.05) is 44.9 Å². The summed E-state index contributed by atoms with van der Waals surface area (Å²) < 4.78 is 18.4. The fraction of sp³-hybridized carbons (Fsp3) is 0.667. The zero-order valence-corrected chi connectivity index (χ0v) is 21.4. The van der Waals surface area contributed by atoms with Gasteiger partial charge in [0.1, 0.15) is 10.1 Å². The molecule has 2 fully saturated rings. The molecule has 5 rings (SSSR count). The average Bonchev–Trinajstić information content (AvgIpc) is 3.52. The topological polar surface area (TPSA) is 75.1 Å². The highest BCUT2D eigenvalue weighted by molar-refractivity contribution is 7.99. The predicted molar refractivity (Wildman–Crippen MR) is 132 cm³/mol. The highest BCUT2D eigenvalue weighted by Crippen LogP contribution is 2.41. The van der Waals surface area contributed by atoms with Crippen molar-refractivity contribution in [2.45, 2.75) is 54.0 Å². The second-order valence-corrected chi connectivity index (χ2v) is 12.0. The SMILES string of the molecule is CN1C=CCC(c2nsnc2SCCCCSc2nsnc2C2CN3CC2CCC3=O)C1. The molecular weight excluding hydrogens is 481 g/mol. The van der Waals surface area contributed by atoms with Crippen molar-refractivity contribution in [3.8, 4) is 0 Å². The van der Waals surface area contributed by atoms with Crippen LogP contribution >= 0.6 is 47.0 Å². The summed E-state index contributed by atoms with van der Waals surface area (Å²) in [4.78, 5) is 16.3. The van der Waals surface area contributed by atoms with Gasteiger partial charge in [-0.2, -0.15) is 17.5 Å². The third kappa shape index (κ3) is 5.00. The molecule has 3 aliphatic heterocycles. The van der Waals surface area contributed by atoms with Gasteiger partial charge in [-0.25, -0.2) is 0 Å². The highest BCUT2D eigenvalue weighted by Gasteiger charge is 2.42. The van der Waals surface area contributed by atoms with E-state index in [-0.39, 0.29) is 0 Å². The summed E-state index contributed by atoms with van der Waals surface area (Å²) in [6.45, 7) is 2.75. The van der Waals surface area contributed by atoms with Crippen LogP contribution in [0.5, 0.6) is 0 Å². The Morgan fingerprint density at radius 3 is 2.44 bits per heavy atom. The van der Waals surface area contributed by atoms with Crippen LogP contribution in [0.2, 0.25) is 0 Å². The van der Waals surface area contributed by atoms with E-state index in [0.29, 0.717) is 30.1 Å². The van der Waals surface area contributed by atoms with Gasteiger partial charge in [0.15, 0.2) is 0 Å². The van der Waals surface area contributed by atoms with Gasteiger partial charge in [0.2, 0.25) is 5.91 Å². The summed E-state index contributed by atoms with van der Waals surface area (Å²) in [5.41, 5.74) is 2.32. The van der Waals surface area contributed by atoms with E-state index in [1.165, 1.54) is 29.2 Å². The lowest BCUT2D eigenvalue weighted by atomic mass is 9.89. The minimum absolute atomic E-state index is 0.309. The maximum atomic E-state index is 12.0. The van der Waals surface area contributed by atoms with Gasteiger partial charge in [-0.3, -0.25) is 4.79 Å². The summed E-state index contributed by atoms with van der Waals surface area (Å²) in [6.07, 6.45) is 9.44. The van der Waals surface area contributed by atoms with Gasteiger partial charge in [0.25, 0.3) is 0 Å². The van der Waals surface area contributed by atoms with Crippen LogP contribution in [-0.4, -0.2) is 71.4 Å².